The van der Waals surface area contributed by atoms with Crippen LogP contribution in [0.4, 0.5) is 0 Å². The van der Waals surface area contributed by atoms with Gasteiger partial charge in [0.25, 0.3) is 0 Å². The number of hydrogen-bond donors (Lipinski definition) is 0. The number of carbonyl (C=O) groups is 1. The summed E-state index contributed by atoms with van der Waals surface area (Å²) in [5.41, 5.74) is -0.170. The lowest BCUT2D eigenvalue weighted by molar-refractivity contribution is -0.125. The maximum absolute atomic E-state index is 11.5. The van der Waals surface area contributed by atoms with E-state index in [0.29, 0.717) is 5.78 Å². The molecule has 0 aromatic carbocycles. The number of unbranched alkanes of at least 4 members (excludes halogenated alkanes) is 1. The first-order chi connectivity index (χ1) is 6.97. The molecule has 2 heteroatoms. The zero-order valence-electron chi connectivity index (χ0n) is 10.7. The van der Waals surface area contributed by atoms with Gasteiger partial charge in [-0.25, -0.2) is 0 Å². The van der Waals surface area contributed by atoms with Crippen LogP contribution in [0.15, 0.2) is 0 Å². The van der Waals surface area contributed by atoms with Crippen molar-refractivity contribution in [2.24, 2.45) is 5.41 Å². The van der Waals surface area contributed by atoms with Crippen molar-refractivity contribution in [3.63, 3.8) is 0 Å². The van der Waals surface area contributed by atoms with Gasteiger partial charge in [0, 0.05) is 18.0 Å². The van der Waals surface area contributed by atoms with E-state index in [1.807, 2.05) is 0 Å². The van der Waals surface area contributed by atoms with Gasteiger partial charge in [0.15, 0.2) is 0 Å². The topological polar surface area (TPSA) is 20.3 Å². The Balaban J connectivity index is 2.46. The SMILES string of the molecule is CCCCN(CC(C)(C)C(C)=O)C1CC1. The lowest BCUT2D eigenvalue weighted by Gasteiger charge is -2.31. The molecule has 0 amide bonds. The van der Waals surface area contributed by atoms with Crippen LogP contribution in [0.25, 0.3) is 0 Å². The fourth-order valence-electron chi connectivity index (χ4n) is 1.81. The van der Waals surface area contributed by atoms with Crippen LogP contribution in [0, 0.1) is 5.41 Å². The predicted octanol–water partition coefficient (Wildman–Crippen LogP) is 2.87. The van der Waals surface area contributed by atoms with E-state index in [0.717, 1.165) is 19.1 Å². The first-order valence-electron chi connectivity index (χ1n) is 6.22. The molecule has 1 aliphatic carbocycles. The van der Waals surface area contributed by atoms with Crippen LogP contribution < -0.4 is 0 Å². The third kappa shape index (κ3) is 3.94. The summed E-state index contributed by atoms with van der Waals surface area (Å²) >= 11 is 0. The normalized spacial score (nSPS) is 17.1. The van der Waals surface area contributed by atoms with Gasteiger partial charge in [-0.3, -0.25) is 9.69 Å². The molecule has 0 spiro atoms. The van der Waals surface area contributed by atoms with Crippen molar-refractivity contribution in [1.82, 2.24) is 4.90 Å². The summed E-state index contributed by atoms with van der Waals surface area (Å²) in [5, 5.41) is 0. The molecule has 2 nitrogen and oxygen atoms in total. The number of carbonyl (C=O) groups excluding carboxylic acids is 1. The Morgan fingerprint density at radius 3 is 2.40 bits per heavy atom. The molecular formula is C13H25NO. The monoisotopic (exact) mass is 211 g/mol. The van der Waals surface area contributed by atoms with E-state index in [1.54, 1.807) is 6.92 Å². The standard InChI is InChI=1S/C13H25NO/c1-5-6-9-14(12-7-8-12)10-13(3,4)11(2)15/h12H,5-10H2,1-4H3. The smallest absolute Gasteiger partial charge is 0.136 e. The summed E-state index contributed by atoms with van der Waals surface area (Å²) in [5.74, 6) is 0.310. The zero-order chi connectivity index (χ0) is 11.5. The van der Waals surface area contributed by atoms with Gasteiger partial charge in [-0.1, -0.05) is 27.2 Å². The fourth-order valence-corrected chi connectivity index (χ4v) is 1.81. The molecule has 88 valence electrons. The van der Waals surface area contributed by atoms with Crippen molar-refractivity contribution in [2.45, 2.75) is 59.4 Å². The highest BCUT2D eigenvalue weighted by Crippen LogP contribution is 2.30. The second-order valence-electron chi connectivity index (χ2n) is 5.50. The molecule has 0 heterocycles. The van der Waals surface area contributed by atoms with Gasteiger partial charge < -0.3 is 0 Å². The molecule has 0 N–H and O–H groups in total. The van der Waals surface area contributed by atoms with E-state index in [4.69, 9.17) is 0 Å². The second-order valence-corrected chi connectivity index (χ2v) is 5.50. The van der Waals surface area contributed by atoms with E-state index in [-0.39, 0.29) is 5.41 Å². The summed E-state index contributed by atoms with van der Waals surface area (Å²) in [4.78, 5) is 14.0. The van der Waals surface area contributed by atoms with Crippen LogP contribution in [0.5, 0.6) is 0 Å². The minimum atomic E-state index is -0.170. The highest BCUT2D eigenvalue weighted by Gasteiger charge is 2.34. The molecule has 0 aromatic heterocycles. The molecule has 0 atom stereocenters. The van der Waals surface area contributed by atoms with Crippen LogP contribution in [0.2, 0.25) is 0 Å². The quantitative estimate of drug-likeness (QED) is 0.645. The molecule has 1 fully saturated rings. The molecule has 0 unspecified atom stereocenters. The Bertz CT molecular complexity index is 219. The molecule has 0 aromatic rings. The highest BCUT2D eigenvalue weighted by atomic mass is 16.1. The highest BCUT2D eigenvalue weighted by molar-refractivity contribution is 5.81. The van der Waals surface area contributed by atoms with Gasteiger partial charge in [-0.2, -0.15) is 0 Å². The van der Waals surface area contributed by atoms with E-state index in [9.17, 15) is 4.79 Å². The van der Waals surface area contributed by atoms with Gasteiger partial charge in [-0.05, 0) is 32.7 Å². The lowest BCUT2D eigenvalue weighted by Crippen LogP contribution is -2.40. The van der Waals surface area contributed by atoms with Gasteiger partial charge in [0.2, 0.25) is 0 Å². The van der Waals surface area contributed by atoms with Crippen molar-refractivity contribution in [2.75, 3.05) is 13.1 Å². The number of Topliss-reactive ketones (excluding diaryl/α,β-unsaturated/α-hetero) is 1. The van der Waals surface area contributed by atoms with Gasteiger partial charge in [-0.15, -0.1) is 0 Å². The van der Waals surface area contributed by atoms with Crippen molar-refractivity contribution >= 4 is 5.78 Å². The van der Waals surface area contributed by atoms with Crippen LogP contribution in [0.1, 0.15) is 53.4 Å². The van der Waals surface area contributed by atoms with E-state index < -0.39 is 0 Å². The molecule has 0 radical (unpaired) electrons. The Morgan fingerprint density at radius 1 is 1.40 bits per heavy atom. The van der Waals surface area contributed by atoms with Gasteiger partial charge >= 0.3 is 0 Å². The zero-order valence-corrected chi connectivity index (χ0v) is 10.7. The summed E-state index contributed by atoms with van der Waals surface area (Å²) in [6, 6.07) is 0.773. The van der Waals surface area contributed by atoms with Crippen molar-refractivity contribution in [1.29, 1.82) is 0 Å². The molecule has 1 aliphatic rings. The molecule has 15 heavy (non-hydrogen) atoms. The average molecular weight is 211 g/mol. The summed E-state index contributed by atoms with van der Waals surface area (Å²) in [7, 11) is 0. The Morgan fingerprint density at radius 2 is 2.00 bits per heavy atom. The minimum absolute atomic E-state index is 0.170. The van der Waals surface area contributed by atoms with Gasteiger partial charge in [0.1, 0.15) is 5.78 Å². The number of rotatable bonds is 7. The van der Waals surface area contributed by atoms with Crippen LogP contribution in [0.3, 0.4) is 0 Å². The summed E-state index contributed by atoms with van der Waals surface area (Å²) in [6.45, 7) is 10.2. The minimum Gasteiger partial charge on any atom is -0.299 e. The Labute approximate surface area is 94.0 Å². The molecule has 1 saturated carbocycles. The maximum atomic E-state index is 11.5. The van der Waals surface area contributed by atoms with Gasteiger partial charge in [0.05, 0.1) is 0 Å². The first-order valence-corrected chi connectivity index (χ1v) is 6.22. The van der Waals surface area contributed by atoms with Crippen molar-refractivity contribution in [3.05, 3.63) is 0 Å². The molecule has 0 saturated heterocycles. The number of nitrogens with zero attached hydrogens (tertiary/aromatic N) is 1. The van der Waals surface area contributed by atoms with Crippen LogP contribution in [-0.4, -0.2) is 29.8 Å². The largest absolute Gasteiger partial charge is 0.299 e. The first kappa shape index (κ1) is 12.7. The molecule has 0 aliphatic heterocycles. The third-order valence-electron chi connectivity index (χ3n) is 3.41. The van der Waals surface area contributed by atoms with E-state index in [1.165, 1.54) is 25.7 Å². The predicted molar refractivity (Wildman–Crippen MR) is 64.0 cm³/mol. The van der Waals surface area contributed by atoms with E-state index >= 15 is 0 Å². The van der Waals surface area contributed by atoms with Crippen molar-refractivity contribution in [3.8, 4) is 0 Å². The Kier molecular flexibility index (Phi) is 4.32. The molecular weight excluding hydrogens is 186 g/mol. The fraction of sp³-hybridized carbons (Fsp3) is 0.923. The second kappa shape index (κ2) is 5.11. The maximum Gasteiger partial charge on any atom is 0.136 e. The summed E-state index contributed by atoms with van der Waals surface area (Å²) < 4.78 is 0. The van der Waals surface area contributed by atoms with E-state index in [2.05, 4.69) is 25.7 Å². The van der Waals surface area contributed by atoms with Crippen molar-refractivity contribution < 1.29 is 4.79 Å². The lowest BCUT2D eigenvalue weighted by atomic mass is 9.88. The molecule has 0 bridgehead atoms. The van der Waals surface area contributed by atoms with Crippen LogP contribution >= 0.6 is 0 Å². The average Bonchev–Trinajstić information content (AvgIpc) is 2.94. The summed E-state index contributed by atoms with van der Waals surface area (Å²) in [6.07, 6.45) is 5.16. The Hall–Kier alpha value is -0.370. The van der Waals surface area contributed by atoms with Crippen LogP contribution in [-0.2, 0) is 4.79 Å². The third-order valence-corrected chi connectivity index (χ3v) is 3.41. The number of hydrogen-bond acceptors (Lipinski definition) is 2. The molecule has 1 rings (SSSR count). The number of ketones is 1.